The lowest BCUT2D eigenvalue weighted by Gasteiger charge is -2.27. The van der Waals surface area contributed by atoms with Crippen LogP contribution in [0.25, 0.3) is 11.6 Å². The smallest absolute Gasteiger partial charge is 0.347 e. The molecular weight excluding hydrogens is 889 g/mol. The van der Waals surface area contributed by atoms with E-state index in [0.29, 0.717) is 74.9 Å². The predicted molar refractivity (Wildman–Crippen MR) is 240 cm³/mol. The number of nitrogens with zero attached hydrogens (tertiary/aromatic N) is 1. The number of thiophene rings is 1. The van der Waals surface area contributed by atoms with E-state index in [0.717, 1.165) is 26.6 Å². The maximum atomic E-state index is 13.2. The molecule has 1 aromatic carbocycles. The number of benzene rings is 1. The second-order valence-corrected chi connectivity index (χ2v) is 21.3. The summed E-state index contributed by atoms with van der Waals surface area (Å²) >= 11 is 0.529. The number of aromatic nitrogens is 1. The number of H-pyrrole nitrogens is 1. The summed E-state index contributed by atoms with van der Waals surface area (Å²) in [5, 5.41) is 8.20. The number of likely N-dealkylation sites (N-methyl/N-ethyl adjacent to an activating group) is 1. The first-order chi connectivity index (χ1) is 30.1. The maximum absolute atomic E-state index is 13.2. The van der Waals surface area contributed by atoms with Crippen LogP contribution < -0.4 is 20.7 Å². The number of fused-ring (bicyclic) bond motifs is 2. The highest BCUT2D eigenvalue weighted by atomic mass is 32.3. The predicted octanol–water partition coefficient (Wildman–Crippen LogP) is 3.73. The van der Waals surface area contributed by atoms with E-state index < -0.39 is 65.4 Å². The van der Waals surface area contributed by atoms with Gasteiger partial charge in [-0.25, -0.2) is 26.4 Å². The number of sulfonamides is 1. The third kappa shape index (κ3) is 11.3. The van der Waals surface area contributed by atoms with Gasteiger partial charge in [0.05, 0.1) is 22.8 Å². The van der Waals surface area contributed by atoms with Gasteiger partial charge in [0.2, 0.25) is 0 Å². The molecular formula is C43H56N6O12S3. The van der Waals surface area contributed by atoms with Gasteiger partial charge < -0.3 is 35.3 Å². The first-order valence-corrected chi connectivity index (χ1v) is 24.9. The molecule has 3 aromatic rings. The summed E-state index contributed by atoms with van der Waals surface area (Å²) in [7, 11) is -8.36. The van der Waals surface area contributed by atoms with Crippen molar-refractivity contribution in [3.05, 3.63) is 63.5 Å². The highest BCUT2D eigenvalue weighted by molar-refractivity contribution is 7.95. The molecule has 0 radical (unpaired) electrons. The van der Waals surface area contributed by atoms with E-state index in [2.05, 4.69) is 39.7 Å². The van der Waals surface area contributed by atoms with Gasteiger partial charge >= 0.3 is 11.9 Å². The summed E-state index contributed by atoms with van der Waals surface area (Å²) in [4.78, 5) is 82.8. The number of anilines is 1. The molecule has 5 rings (SSSR count). The number of rotatable bonds is 20. The third-order valence-corrected chi connectivity index (χ3v) is 16.9. The number of carbonyl (C=O) groups excluding carboxylic acids is 6. The van der Waals surface area contributed by atoms with Crippen LogP contribution in [-0.2, 0) is 59.7 Å². The van der Waals surface area contributed by atoms with Gasteiger partial charge in [0.1, 0.15) is 14.2 Å². The van der Waals surface area contributed by atoms with Crippen molar-refractivity contribution in [2.75, 3.05) is 38.0 Å². The Morgan fingerprint density at radius 2 is 1.72 bits per heavy atom. The van der Waals surface area contributed by atoms with Gasteiger partial charge in [0.25, 0.3) is 27.7 Å². The average Bonchev–Trinajstić information content (AvgIpc) is 3.91. The highest BCUT2D eigenvalue weighted by Crippen LogP contribution is 2.43. The lowest BCUT2D eigenvalue weighted by Crippen LogP contribution is -2.41. The Morgan fingerprint density at radius 3 is 2.39 bits per heavy atom. The molecule has 2 aromatic heterocycles. The van der Waals surface area contributed by atoms with Crippen molar-refractivity contribution in [1.82, 2.24) is 25.2 Å². The second kappa shape index (κ2) is 20.7. The minimum Gasteiger partial charge on any atom is -0.451 e. The fourth-order valence-electron chi connectivity index (χ4n) is 7.47. The van der Waals surface area contributed by atoms with E-state index in [1.165, 1.54) is 13.0 Å². The van der Waals surface area contributed by atoms with Crippen LogP contribution in [-0.4, -0.2) is 112 Å². The third-order valence-electron chi connectivity index (χ3n) is 11.2. The molecule has 3 amide bonds. The lowest BCUT2D eigenvalue weighted by atomic mass is 9.98. The fraction of sp³-hybridized carbons (Fsp3) is 0.488. The molecule has 0 bridgehead atoms. The van der Waals surface area contributed by atoms with Gasteiger partial charge in [-0.15, -0.1) is 11.3 Å². The molecule has 64 heavy (non-hydrogen) atoms. The lowest BCUT2D eigenvalue weighted by molar-refractivity contribution is -0.171. The molecule has 5 N–H and O–H groups in total. The number of amides is 3. The number of ketones is 1. The number of nitrogens with one attached hydrogen (secondary N) is 5. The molecule has 0 spiro atoms. The summed E-state index contributed by atoms with van der Waals surface area (Å²) in [6.45, 7) is 16.9. The molecule has 2 aliphatic heterocycles. The van der Waals surface area contributed by atoms with Gasteiger partial charge in [0, 0.05) is 60.2 Å². The number of aromatic amines is 1. The Morgan fingerprint density at radius 1 is 1.02 bits per heavy atom. The Labute approximate surface area is 377 Å². The van der Waals surface area contributed by atoms with Gasteiger partial charge in [0.15, 0.2) is 22.0 Å². The number of aryl methyl sites for hydroxylation is 1. The van der Waals surface area contributed by atoms with Crippen LogP contribution in [0, 0.1) is 13.8 Å². The Hall–Kier alpha value is -5.22. The molecule has 0 aliphatic carbocycles. The Bertz CT molecular complexity index is 2580. The monoisotopic (exact) mass is 944 g/mol. The van der Waals surface area contributed by atoms with E-state index >= 15 is 0 Å². The zero-order valence-corrected chi connectivity index (χ0v) is 39.6. The van der Waals surface area contributed by atoms with Crippen LogP contribution >= 0.6 is 11.3 Å². The van der Waals surface area contributed by atoms with Crippen LogP contribution in [0.15, 0.2) is 32.7 Å². The Kier molecular flexibility index (Phi) is 16.1. The minimum atomic E-state index is -4.57. The molecule has 4 heterocycles. The molecule has 21 heteroatoms. The number of Topliss-reactive ketones (excluding diaryl/α,β-unsaturated/α-hetero) is 1. The number of hydrogen-bond acceptors (Lipinski definition) is 15. The number of sulfone groups is 1. The van der Waals surface area contributed by atoms with Crippen molar-refractivity contribution in [3.63, 3.8) is 0 Å². The first kappa shape index (κ1) is 49.8. The van der Waals surface area contributed by atoms with Gasteiger partial charge in [-0.2, -0.15) is 0 Å². The van der Waals surface area contributed by atoms with Crippen LogP contribution in [0.5, 0.6) is 0 Å². The van der Waals surface area contributed by atoms with E-state index in [1.807, 2.05) is 11.6 Å². The number of esters is 2. The van der Waals surface area contributed by atoms with E-state index in [4.69, 9.17) is 9.47 Å². The quantitative estimate of drug-likeness (QED) is 0.0800. The van der Waals surface area contributed by atoms with Crippen molar-refractivity contribution < 1.29 is 55.1 Å². The van der Waals surface area contributed by atoms with Crippen LogP contribution in [0.4, 0.5) is 5.69 Å². The van der Waals surface area contributed by atoms with E-state index in [-0.39, 0.29) is 47.5 Å². The molecule has 0 fully saturated rings. The molecule has 0 unspecified atom stereocenters. The Balaban J connectivity index is 1.12. The first-order valence-electron chi connectivity index (χ1n) is 21.1. The summed E-state index contributed by atoms with van der Waals surface area (Å²) in [6, 6.07) is 5.89. The van der Waals surface area contributed by atoms with Crippen molar-refractivity contribution in [2.24, 2.45) is 0 Å². The van der Waals surface area contributed by atoms with Gasteiger partial charge in [-0.05, 0) is 96.1 Å². The summed E-state index contributed by atoms with van der Waals surface area (Å²) in [5.41, 5.74) is 4.76. The van der Waals surface area contributed by atoms with Crippen LogP contribution in [0.2, 0.25) is 0 Å². The zero-order chi connectivity index (χ0) is 47.3. The van der Waals surface area contributed by atoms with Gasteiger partial charge in [-0.1, -0.05) is 26.8 Å². The van der Waals surface area contributed by atoms with Crippen molar-refractivity contribution >= 4 is 84.0 Å². The highest BCUT2D eigenvalue weighted by Gasteiger charge is 2.40. The molecule has 2 aliphatic rings. The van der Waals surface area contributed by atoms with E-state index in [1.54, 1.807) is 45.0 Å². The van der Waals surface area contributed by atoms with Crippen molar-refractivity contribution in [3.8, 4) is 0 Å². The summed E-state index contributed by atoms with van der Waals surface area (Å²) in [5.74, 6) is -4.17. The number of carbonyl (C=O) groups is 6. The summed E-state index contributed by atoms with van der Waals surface area (Å²) in [6.07, 6.45) is -1.95. The molecule has 348 valence electrons. The van der Waals surface area contributed by atoms with Crippen LogP contribution in [0.3, 0.4) is 0 Å². The molecule has 18 nitrogen and oxygen atoms in total. The molecule has 0 saturated heterocycles. The average molecular weight is 945 g/mol. The standard InChI is InChI=1S/C43H56N6O12S3/c1-9-44-35-18-23(4)63(56,57)43-32(35)22-37(62-43)64(58,59)48-39(52)26(7)61-42(55)27(8)60-36(51)15-13-29(50)19-28-12-14-33-30(20-28)31(40(53)47-33)21-34-24(5)38(25(6)46-34)41(54)45-16-17-49(10-2)11-3/h12,14,20-23,26-27,35,44,46H,9-11,13,15-19H2,1-8H3,(H,45,54)(H,47,53)(H,48,52)/b31-21-/t23-,26-,27-,35-/m0/s1. The van der Waals surface area contributed by atoms with Crippen LogP contribution in [0.1, 0.15) is 111 Å². The van der Waals surface area contributed by atoms with E-state index in [9.17, 15) is 45.6 Å². The normalized spacial score (nSPS) is 18.1. The SMILES string of the molecule is CCN[C@H]1C[C@H](C)S(=O)(=O)c2sc(S(=O)(=O)NC(=O)[C@H](C)OC(=O)[C@H](C)OC(=O)CCC(=O)Cc3ccc4c(c3)/C(=C/c3[nH]c(C)c(C(=O)NCCN(CC)CC)c3C)C(=O)N4)cc21. The summed E-state index contributed by atoms with van der Waals surface area (Å²) < 4.78 is 63.8. The maximum Gasteiger partial charge on any atom is 0.347 e. The van der Waals surface area contributed by atoms with Crippen molar-refractivity contribution in [2.45, 2.75) is 113 Å². The largest absolute Gasteiger partial charge is 0.451 e. The number of hydrogen-bond donors (Lipinski definition) is 5. The van der Waals surface area contributed by atoms with Crippen molar-refractivity contribution in [1.29, 1.82) is 0 Å². The molecule has 0 saturated carbocycles. The topological polar surface area (TPSA) is 256 Å². The zero-order valence-electron chi connectivity index (χ0n) is 37.1. The minimum absolute atomic E-state index is 0.0765. The number of ether oxygens (including phenoxy) is 2. The molecule has 4 atom stereocenters. The second-order valence-electron chi connectivity index (χ2n) is 15.7. The van der Waals surface area contributed by atoms with Gasteiger partial charge in [-0.3, -0.25) is 24.0 Å². The fourth-order valence-corrected chi connectivity index (χ4v) is 12.5.